The Bertz CT molecular complexity index is 1560. The minimum atomic E-state index is -1.30. The van der Waals surface area contributed by atoms with Crippen LogP contribution in [-0.2, 0) is 14.4 Å². The zero-order valence-corrected chi connectivity index (χ0v) is 26.6. The van der Waals surface area contributed by atoms with Crippen molar-refractivity contribution in [1.82, 2.24) is 25.9 Å². The van der Waals surface area contributed by atoms with Crippen molar-refractivity contribution in [3.8, 4) is 0 Å². The lowest BCUT2D eigenvalue weighted by atomic mass is 10.0. The smallest absolute Gasteiger partial charge is 0.326 e. The summed E-state index contributed by atoms with van der Waals surface area (Å²) in [6, 6.07) is 5.37. The molecule has 0 aliphatic carbocycles. The number of urea groups is 1. The Balaban J connectivity index is 0.000000271. The number of hydrogen-bond donors (Lipinski definition) is 11. The Labute approximate surface area is 278 Å². The first kappa shape index (κ1) is 35.7. The average molecular weight is 690 g/mol. The highest BCUT2D eigenvalue weighted by Crippen LogP contribution is 2.33. The number of H-pyrrole nitrogens is 1. The lowest BCUT2D eigenvalue weighted by molar-refractivity contribution is -0.141. The Morgan fingerprint density at radius 1 is 1.00 bits per heavy atom. The summed E-state index contributed by atoms with van der Waals surface area (Å²) in [5.41, 5.74) is 6.40. The van der Waals surface area contributed by atoms with Gasteiger partial charge in [-0.05, 0) is 43.5 Å². The van der Waals surface area contributed by atoms with E-state index in [0.717, 1.165) is 25.0 Å². The number of benzene rings is 1. The quantitative estimate of drug-likeness (QED) is 0.0952. The summed E-state index contributed by atoms with van der Waals surface area (Å²) >= 11 is 1.87. The fourth-order valence-corrected chi connectivity index (χ4v) is 6.91. The topological polar surface area (TPSA) is 290 Å². The van der Waals surface area contributed by atoms with Crippen molar-refractivity contribution in [2.75, 3.05) is 40.5 Å². The van der Waals surface area contributed by atoms with Gasteiger partial charge in [0.25, 0.3) is 11.5 Å². The number of carbonyl (C=O) groups is 5. The van der Waals surface area contributed by atoms with Gasteiger partial charge in [0.2, 0.25) is 5.95 Å². The summed E-state index contributed by atoms with van der Waals surface area (Å²) in [7, 11) is 0. The first-order valence-corrected chi connectivity index (χ1v) is 16.3. The third kappa shape index (κ3) is 10.1. The highest BCUT2D eigenvalue weighted by Gasteiger charge is 2.42. The number of aromatic nitrogens is 2. The minimum absolute atomic E-state index is 0.0281. The molecule has 18 nitrogen and oxygen atoms in total. The SMILES string of the molecule is Nc1nc2c(c(=O)[nH]1)NC(CNc1ccc(C(=O)NC(CCC(=O)O)C(=O)O)cc1)CN2.O=C(O)CCCC[C@@H]1SC[C@@H]2NC(=O)N[C@@H]21. The third-order valence-electron chi connectivity index (χ3n) is 7.82. The van der Waals surface area contributed by atoms with Gasteiger partial charge in [-0.2, -0.15) is 16.7 Å². The first-order valence-electron chi connectivity index (χ1n) is 15.3. The predicted molar refractivity (Wildman–Crippen MR) is 177 cm³/mol. The Hall–Kier alpha value is -5.20. The van der Waals surface area contributed by atoms with E-state index in [1.54, 1.807) is 12.1 Å². The second-order valence-corrected chi connectivity index (χ2v) is 12.7. The highest BCUT2D eigenvalue weighted by molar-refractivity contribution is 8.00. The summed E-state index contributed by atoms with van der Waals surface area (Å²) in [6.07, 6.45) is 2.29. The Morgan fingerprint density at radius 3 is 2.42 bits per heavy atom. The van der Waals surface area contributed by atoms with E-state index in [0.29, 0.717) is 35.5 Å². The number of amides is 3. The molecule has 2 unspecified atom stereocenters. The van der Waals surface area contributed by atoms with E-state index in [1.165, 1.54) is 12.1 Å². The molecule has 0 radical (unpaired) electrons. The van der Waals surface area contributed by atoms with Gasteiger partial charge in [-0.3, -0.25) is 24.2 Å². The maximum Gasteiger partial charge on any atom is 0.326 e. The van der Waals surface area contributed by atoms with E-state index in [9.17, 15) is 28.8 Å². The molecule has 2 saturated heterocycles. The Morgan fingerprint density at radius 2 is 1.73 bits per heavy atom. The fraction of sp³-hybridized carbons (Fsp3) is 0.483. The van der Waals surface area contributed by atoms with Gasteiger partial charge in [0, 0.05) is 48.2 Å². The number of thioether (sulfide) groups is 1. The molecule has 2 aromatic rings. The van der Waals surface area contributed by atoms with Crippen molar-refractivity contribution in [3.05, 3.63) is 40.2 Å². The molecular weight excluding hydrogens is 650 g/mol. The van der Waals surface area contributed by atoms with Crippen molar-refractivity contribution in [1.29, 1.82) is 0 Å². The number of carbonyl (C=O) groups excluding carboxylic acids is 2. The van der Waals surface area contributed by atoms with Gasteiger partial charge in [-0.1, -0.05) is 6.42 Å². The molecule has 3 aliphatic rings. The molecule has 5 atom stereocenters. The van der Waals surface area contributed by atoms with Crippen LogP contribution >= 0.6 is 11.8 Å². The largest absolute Gasteiger partial charge is 0.481 e. The first-order chi connectivity index (χ1) is 22.9. The number of nitrogens with two attached hydrogens (primary N) is 1. The number of hydrogen-bond acceptors (Lipinski definition) is 12. The molecule has 19 heteroatoms. The van der Waals surface area contributed by atoms with E-state index in [4.69, 9.17) is 21.1 Å². The lowest BCUT2D eigenvalue weighted by Crippen LogP contribution is -2.41. The number of carboxylic acid groups (broad SMARTS) is 3. The fourth-order valence-electron chi connectivity index (χ4n) is 5.36. The molecular formula is C29H39N9O9S. The van der Waals surface area contributed by atoms with Crippen LogP contribution in [0.3, 0.4) is 0 Å². The molecule has 1 aromatic heterocycles. The molecule has 48 heavy (non-hydrogen) atoms. The van der Waals surface area contributed by atoms with Gasteiger partial charge in [0.1, 0.15) is 11.7 Å². The second-order valence-electron chi connectivity index (χ2n) is 11.4. The molecule has 4 heterocycles. The van der Waals surface area contributed by atoms with Gasteiger partial charge in [-0.25, -0.2) is 9.59 Å². The zero-order chi connectivity index (χ0) is 34.8. The summed E-state index contributed by atoms with van der Waals surface area (Å²) in [6.45, 7) is 0.960. The molecule has 0 bridgehead atoms. The maximum absolute atomic E-state index is 12.3. The van der Waals surface area contributed by atoms with Crippen LogP contribution in [0.25, 0.3) is 0 Å². The molecule has 1 aromatic carbocycles. The number of nitrogens with one attached hydrogen (secondary N) is 7. The van der Waals surface area contributed by atoms with Crippen molar-refractivity contribution in [3.63, 3.8) is 0 Å². The highest BCUT2D eigenvalue weighted by atomic mass is 32.2. The number of anilines is 4. The molecule has 12 N–H and O–H groups in total. The van der Waals surface area contributed by atoms with E-state index in [2.05, 4.69) is 41.9 Å². The van der Waals surface area contributed by atoms with Crippen molar-refractivity contribution < 1.29 is 39.3 Å². The number of nitrogen functional groups attached to an aromatic ring is 1. The second kappa shape index (κ2) is 16.6. The van der Waals surface area contributed by atoms with Gasteiger partial charge in [0.15, 0.2) is 5.82 Å². The van der Waals surface area contributed by atoms with Gasteiger partial charge >= 0.3 is 23.9 Å². The van der Waals surface area contributed by atoms with Crippen LogP contribution < -0.4 is 43.2 Å². The van der Waals surface area contributed by atoms with Crippen molar-refractivity contribution in [2.45, 2.75) is 67.9 Å². The molecule has 0 spiro atoms. The molecule has 3 aliphatic heterocycles. The third-order valence-corrected chi connectivity index (χ3v) is 9.33. The van der Waals surface area contributed by atoms with Crippen LogP contribution in [-0.4, -0.2) is 103 Å². The standard InChI is InChI=1S/C19H23N7O6.C10H16N2O3S/c20-19-25-15-14(17(30)26-19)23-11(8-22-15)7-21-10-3-1-9(2-4-10)16(29)24-12(18(31)32)5-6-13(27)28;13-8(14)4-2-1-3-7-9-6(5-16-7)11-10(15)12-9/h1-4,11-12,21,23H,5-8H2,(H,24,29)(H,27,28)(H,31,32)(H4,20,22,25,26,30);6-7,9H,1-5H2,(H,13,14)(H2,11,12,15)/t;6-,7-,9-/m.0/s1. The molecule has 5 rings (SSSR count). The van der Waals surface area contributed by atoms with Crippen LogP contribution in [0.5, 0.6) is 0 Å². The van der Waals surface area contributed by atoms with Crippen LogP contribution in [0.1, 0.15) is 48.9 Å². The number of aromatic amines is 1. The summed E-state index contributed by atoms with van der Waals surface area (Å²) < 4.78 is 0. The van der Waals surface area contributed by atoms with E-state index in [-0.39, 0.29) is 60.5 Å². The number of unbranched alkanes of at least 4 members (excludes halogenated alkanes) is 1. The number of fused-ring (bicyclic) bond motifs is 2. The van der Waals surface area contributed by atoms with Gasteiger partial charge < -0.3 is 53.0 Å². The van der Waals surface area contributed by atoms with Crippen LogP contribution in [0.4, 0.5) is 27.9 Å². The number of aliphatic carboxylic acids is 3. The monoisotopic (exact) mass is 689 g/mol. The number of nitrogens with zero attached hydrogens (tertiary/aromatic N) is 1. The minimum Gasteiger partial charge on any atom is -0.481 e. The van der Waals surface area contributed by atoms with Crippen LogP contribution in [0.2, 0.25) is 0 Å². The molecule has 2 fully saturated rings. The van der Waals surface area contributed by atoms with E-state index < -0.39 is 29.9 Å². The average Bonchev–Trinajstić information content (AvgIpc) is 3.59. The maximum atomic E-state index is 12.3. The normalized spacial score (nSPS) is 21.0. The summed E-state index contributed by atoms with van der Waals surface area (Å²) in [5, 5.41) is 44.3. The number of carboxylic acids is 3. The summed E-state index contributed by atoms with van der Waals surface area (Å²) in [5.74, 6) is -2.40. The zero-order valence-electron chi connectivity index (χ0n) is 25.8. The van der Waals surface area contributed by atoms with E-state index >= 15 is 0 Å². The Kier molecular flexibility index (Phi) is 12.3. The van der Waals surface area contributed by atoms with Crippen molar-refractivity contribution in [2.24, 2.45) is 0 Å². The van der Waals surface area contributed by atoms with E-state index in [1.807, 2.05) is 11.8 Å². The number of rotatable bonds is 14. The lowest BCUT2D eigenvalue weighted by Gasteiger charge is -2.27. The van der Waals surface area contributed by atoms with Gasteiger partial charge in [-0.15, -0.1) is 0 Å². The van der Waals surface area contributed by atoms with Crippen molar-refractivity contribution >= 4 is 64.7 Å². The van der Waals surface area contributed by atoms with Gasteiger partial charge in [0.05, 0.1) is 18.1 Å². The molecule has 0 saturated carbocycles. The molecule has 3 amide bonds. The summed E-state index contributed by atoms with van der Waals surface area (Å²) in [4.78, 5) is 74.1. The predicted octanol–water partition coefficient (Wildman–Crippen LogP) is 0.515. The van der Waals surface area contributed by atoms with Crippen LogP contribution in [0.15, 0.2) is 29.1 Å². The van der Waals surface area contributed by atoms with Crippen LogP contribution in [0, 0.1) is 0 Å². The molecule has 260 valence electrons.